The van der Waals surface area contributed by atoms with E-state index < -0.39 is 0 Å². The van der Waals surface area contributed by atoms with Crippen molar-refractivity contribution < 1.29 is 9.59 Å². The Hall–Kier alpha value is -2.54. The molecule has 1 aromatic carbocycles. The fourth-order valence-corrected chi connectivity index (χ4v) is 2.87. The van der Waals surface area contributed by atoms with Crippen LogP contribution in [0, 0.1) is 0 Å². The Labute approximate surface area is 150 Å². The van der Waals surface area contributed by atoms with Gasteiger partial charge in [0.25, 0.3) is 5.91 Å². The van der Waals surface area contributed by atoms with Crippen LogP contribution in [0.5, 0.6) is 0 Å². The minimum Gasteiger partial charge on any atom is -0.338 e. The zero-order chi connectivity index (χ0) is 17.8. The lowest BCUT2D eigenvalue weighted by Crippen LogP contribution is -2.53. The predicted molar refractivity (Wildman–Crippen MR) is 95.6 cm³/mol. The second-order valence-corrected chi connectivity index (χ2v) is 6.22. The fraction of sp³-hybridized carbons (Fsp3) is 0.353. The molecule has 3 rings (SSSR count). The molecule has 1 fully saturated rings. The summed E-state index contributed by atoms with van der Waals surface area (Å²) in [4.78, 5) is 27.9. The Balaban J connectivity index is 1.63. The van der Waals surface area contributed by atoms with Crippen molar-refractivity contribution in [1.29, 1.82) is 0 Å². The van der Waals surface area contributed by atoms with Gasteiger partial charge in [-0.3, -0.25) is 9.89 Å². The lowest BCUT2D eigenvalue weighted by atomic mass is 10.1. The number of urea groups is 1. The molecule has 1 aromatic heterocycles. The molecule has 0 unspecified atom stereocenters. The standard InChI is InChI=1S/C17H20ClN5O2/c1-2-19-17(25)23-9-7-22(8-10-23)16(24)15-11-14(20-21-15)12-3-5-13(18)6-4-12/h3-6,11H,2,7-10H2,1H3,(H,19,25)(H,20,21). The van der Waals surface area contributed by atoms with Gasteiger partial charge >= 0.3 is 6.03 Å². The summed E-state index contributed by atoms with van der Waals surface area (Å²) in [6, 6.07) is 8.94. The van der Waals surface area contributed by atoms with Crippen LogP contribution in [-0.2, 0) is 0 Å². The average molecular weight is 362 g/mol. The quantitative estimate of drug-likeness (QED) is 0.879. The van der Waals surface area contributed by atoms with Crippen LogP contribution >= 0.6 is 11.6 Å². The molecule has 25 heavy (non-hydrogen) atoms. The summed E-state index contributed by atoms with van der Waals surface area (Å²) in [6.07, 6.45) is 0. The van der Waals surface area contributed by atoms with E-state index in [1.54, 1.807) is 28.0 Å². The maximum Gasteiger partial charge on any atom is 0.317 e. The van der Waals surface area contributed by atoms with Crippen LogP contribution in [0.15, 0.2) is 30.3 Å². The number of nitrogens with one attached hydrogen (secondary N) is 2. The third kappa shape index (κ3) is 3.93. The van der Waals surface area contributed by atoms with E-state index in [0.29, 0.717) is 49.1 Å². The summed E-state index contributed by atoms with van der Waals surface area (Å²) in [5, 5.41) is 10.4. The first-order valence-electron chi connectivity index (χ1n) is 8.22. The first kappa shape index (κ1) is 17.3. The topological polar surface area (TPSA) is 81.3 Å². The number of benzene rings is 1. The molecule has 3 amide bonds. The number of aromatic amines is 1. The molecule has 1 saturated heterocycles. The Morgan fingerprint density at radius 1 is 1.16 bits per heavy atom. The van der Waals surface area contributed by atoms with Crippen LogP contribution in [0.25, 0.3) is 11.3 Å². The second-order valence-electron chi connectivity index (χ2n) is 5.79. The summed E-state index contributed by atoms with van der Waals surface area (Å²) < 4.78 is 0. The number of halogens is 1. The van der Waals surface area contributed by atoms with Crippen molar-refractivity contribution in [1.82, 2.24) is 25.3 Å². The zero-order valence-corrected chi connectivity index (χ0v) is 14.7. The van der Waals surface area contributed by atoms with E-state index in [4.69, 9.17) is 11.6 Å². The largest absolute Gasteiger partial charge is 0.338 e. The highest BCUT2D eigenvalue weighted by Crippen LogP contribution is 2.21. The third-order valence-corrected chi connectivity index (χ3v) is 4.38. The van der Waals surface area contributed by atoms with Crippen LogP contribution in [0.1, 0.15) is 17.4 Å². The van der Waals surface area contributed by atoms with E-state index in [2.05, 4.69) is 15.5 Å². The molecule has 0 bridgehead atoms. The van der Waals surface area contributed by atoms with Crippen LogP contribution in [-0.4, -0.2) is 64.7 Å². The van der Waals surface area contributed by atoms with Crippen molar-refractivity contribution in [3.05, 3.63) is 41.0 Å². The van der Waals surface area contributed by atoms with Crippen LogP contribution in [0.2, 0.25) is 5.02 Å². The highest BCUT2D eigenvalue weighted by molar-refractivity contribution is 6.30. The lowest BCUT2D eigenvalue weighted by molar-refractivity contribution is 0.0659. The van der Waals surface area contributed by atoms with E-state index >= 15 is 0 Å². The predicted octanol–water partition coefficient (Wildman–Crippen LogP) is 2.22. The molecule has 8 heteroatoms. The van der Waals surface area contributed by atoms with E-state index in [9.17, 15) is 9.59 Å². The van der Waals surface area contributed by atoms with E-state index in [-0.39, 0.29) is 11.9 Å². The third-order valence-electron chi connectivity index (χ3n) is 4.13. The molecule has 0 saturated carbocycles. The van der Waals surface area contributed by atoms with Gasteiger partial charge in [0.05, 0.1) is 5.69 Å². The van der Waals surface area contributed by atoms with Crippen LogP contribution in [0.4, 0.5) is 4.79 Å². The van der Waals surface area contributed by atoms with Crippen molar-refractivity contribution in [3.63, 3.8) is 0 Å². The molecule has 132 valence electrons. The Morgan fingerprint density at radius 2 is 1.80 bits per heavy atom. The molecular formula is C17H20ClN5O2. The Morgan fingerprint density at radius 3 is 2.44 bits per heavy atom. The summed E-state index contributed by atoms with van der Waals surface area (Å²) in [5.74, 6) is -0.108. The molecule has 0 spiro atoms. The Kier molecular flexibility index (Phi) is 5.23. The molecule has 1 aliphatic heterocycles. The van der Waals surface area contributed by atoms with Gasteiger partial charge in [-0.15, -0.1) is 0 Å². The van der Waals surface area contributed by atoms with Gasteiger partial charge in [0.1, 0.15) is 5.69 Å². The van der Waals surface area contributed by atoms with Gasteiger partial charge in [0, 0.05) is 43.3 Å². The molecule has 0 radical (unpaired) electrons. The van der Waals surface area contributed by atoms with Crippen LogP contribution < -0.4 is 5.32 Å². The maximum absolute atomic E-state index is 12.6. The molecule has 2 heterocycles. The minimum absolute atomic E-state index is 0.0823. The number of nitrogens with zero attached hydrogens (tertiary/aromatic N) is 3. The van der Waals surface area contributed by atoms with Crippen LogP contribution in [0.3, 0.4) is 0 Å². The molecule has 0 atom stereocenters. The summed E-state index contributed by atoms with van der Waals surface area (Å²) in [6.45, 7) is 4.54. The lowest BCUT2D eigenvalue weighted by Gasteiger charge is -2.34. The number of carbonyl (C=O) groups excluding carboxylic acids is 2. The van der Waals surface area contributed by atoms with E-state index in [1.807, 2.05) is 19.1 Å². The summed E-state index contributed by atoms with van der Waals surface area (Å²) >= 11 is 5.89. The number of H-pyrrole nitrogens is 1. The van der Waals surface area contributed by atoms with Gasteiger partial charge < -0.3 is 15.1 Å². The molecule has 2 aromatic rings. The minimum atomic E-state index is -0.108. The number of hydrogen-bond donors (Lipinski definition) is 2. The average Bonchev–Trinajstić information content (AvgIpc) is 3.12. The first-order valence-corrected chi connectivity index (χ1v) is 8.59. The number of rotatable bonds is 3. The van der Waals surface area contributed by atoms with E-state index in [1.165, 1.54) is 0 Å². The molecule has 2 N–H and O–H groups in total. The molecule has 0 aliphatic carbocycles. The molecule has 1 aliphatic rings. The van der Waals surface area contributed by atoms with Gasteiger partial charge in [-0.1, -0.05) is 23.7 Å². The normalized spacial score (nSPS) is 14.5. The monoisotopic (exact) mass is 361 g/mol. The number of carbonyl (C=O) groups is 2. The number of amides is 3. The van der Waals surface area contributed by atoms with Crippen molar-refractivity contribution in [2.75, 3.05) is 32.7 Å². The van der Waals surface area contributed by atoms with E-state index in [0.717, 1.165) is 5.56 Å². The van der Waals surface area contributed by atoms with Crippen molar-refractivity contribution in [2.45, 2.75) is 6.92 Å². The number of aromatic nitrogens is 2. The number of piperazine rings is 1. The maximum atomic E-state index is 12.6. The van der Waals surface area contributed by atoms with Gasteiger partial charge in [-0.2, -0.15) is 5.10 Å². The highest BCUT2D eigenvalue weighted by atomic mass is 35.5. The SMILES string of the molecule is CCNC(=O)N1CCN(C(=O)c2cc(-c3ccc(Cl)cc3)n[nH]2)CC1. The first-order chi connectivity index (χ1) is 12.1. The van der Waals surface area contributed by atoms with Gasteiger partial charge in [-0.25, -0.2) is 4.79 Å². The van der Waals surface area contributed by atoms with Crippen molar-refractivity contribution >= 4 is 23.5 Å². The van der Waals surface area contributed by atoms with Crippen molar-refractivity contribution in [3.8, 4) is 11.3 Å². The molecular weight excluding hydrogens is 342 g/mol. The van der Waals surface area contributed by atoms with Gasteiger partial charge in [0.15, 0.2) is 0 Å². The Bertz CT molecular complexity index is 751. The molecule has 7 nitrogen and oxygen atoms in total. The fourth-order valence-electron chi connectivity index (χ4n) is 2.75. The van der Waals surface area contributed by atoms with Gasteiger partial charge in [-0.05, 0) is 25.1 Å². The number of hydrogen-bond acceptors (Lipinski definition) is 3. The van der Waals surface area contributed by atoms with Gasteiger partial charge in [0.2, 0.25) is 0 Å². The zero-order valence-electron chi connectivity index (χ0n) is 14.0. The smallest absolute Gasteiger partial charge is 0.317 e. The highest BCUT2D eigenvalue weighted by Gasteiger charge is 2.25. The summed E-state index contributed by atoms with van der Waals surface area (Å²) in [7, 11) is 0. The second kappa shape index (κ2) is 7.57. The van der Waals surface area contributed by atoms with Crippen molar-refractivity contribution in [2.24, 2.45) is 0 Å². The summed E-state index contributed by atoms with van der Waals surface area (Å²) in [5.41, 5.74) is 2.03.